The number of sulfonamides is 1. The first-order valence-corrected chi connectivity index (χ1v) is 10.9. The molecule has 3 aromatic rings. The second-order valence-corrected chi connectivity index (χ2v) is 8.75. The molecule has 0 amide bonds. The molecular formula is C19H19ClN6O2S. The third kappa shape index (κ3) is 4.31. The molecular weight excluding hydrogens is 412 g/mol. The Balaban J connectivity index is 1.40. The number of pyridine rings is 1. The Morgan fingerprint density at radius 3 is 2.28 bits per heavy atom. The largest absolute Gasteiger partial charge is 0.352 e. The Bertz CT molecular complexity index is 1070. The van der Waals surface area contributed by atoms with Crippen molar-refractivity contribution < 1.29 is 8.42 Å². The molecule has 8 nitrogen and oxygen atoms in total. The number of benzene rings is 1. The average molecular weight is 431 g/mol. The fraction of sp³-hybridized carbons (Fsp3) is 0.211. The van der Waals surface area contributed by atoms with Gasteiger partial charge in [0.15, 0.2) is 11.6 Å². The van der Waals surface area contributed by atoms with E-state index in [9.17, 15) is 8.42 Å². The van der Waals surface area contributed by atoms with Crippen molar-refractivity contribution >= 4 is 39.1 Å². The van der Waals surface area contributed by atoms with Crippen LogP contribution in [0.1, 0.15) is 0 Å². The van der Waals surface area contributed by atoms with Crippen LogP contribution < -0.4 is 10.2 Å². The molecule has 0 bridgehead atoms. The maximum atomic E-state index is 12.9. The predicted molar refractivity (Wildman–Crippen MR) is 112 cm³/mol. The fourth-order valence-corrected chi connectivity index (χ4v) is 4.99. The van der Waals surface area contributed by atoms with Crippen molar-refractivity contribution in [3.63, 3.8) is 0 Å². The molecule has 0 spiro atoms. The van der Waals surface area contributed by atoms with E-state index in [2.05, 4.69) is 20.5 Å². The summed E-state index contributed by atoms with van der Waals surface area (Å²) < 4.78 is 27.2. The average Bonchev–Trinajstić information content (AvgIpc) is 2.75. The highest BCUT2D eigenvalue weighted by atomic mass is 35.5. The zero-order chi connectivity index (χ0) is 20.3. The Hall–Kier alpha value is -2.75. The molecule has 1 fully saturated rings. The standard InChI is InChI=1S/C19H19ClN6O2S/c20-15-5-1-2-6-16(15)29(27,28)26-13-11-25(12-14-26)19-9-8-18(23-24-19)22-17-7-3-4-10-21-17/h1-10H,11-14H2,(H,21,22,23). The number of anilines is 3. The number of piperazine rings is 1. The summed E-state index contributed by atoms with van der Waals surface area (Å²) in [5, 5.41) is 11.8. The van der Waals surface area contributed by atoms with Crippen LogP contribution in [0.5, 0.6) is 0 Å². The quantitative estimate of drug-likeness (QED) is 0.665. The van der Waals surface area contributed by atoms with Crippen LogP contribution in [0.2, 0.25) is 5.02 Å². The lowest BCUT2D eigenvalue weighted by molar-refractivity contribution is 0.383. The first-order valence-electron chi connectivity index (χ1n) is 9.05. The second kappa shape index (κ2) is 8.32. The minimum absolute atomic E-state index is 0.139. The smallest absolute Gasteiger partial charge is 0.244 e. The third-order valence-corrected chi connectivity index (χ3v) is 6.99. The van der Waals surface area contributed by atoms with Crippen LogP contribution in [0.15, 0.2) is 65.7 Å². The van der Waals surface area contributed by atoms with E-state index in [1.807, 2.05) is 35.2 Å². The molecule has 0 aliphatic carbocycles. The van der Waals surface area contributed by atoms with Crippen LogP contribution in [0.4, 0.5) is 17.5 Å². The highest BCUT2D eigenvalue weighted by Gasteiger charge is 2.30. The van der Waals surface area contributed by atoms with E-state index >= 15 is 0 Å². The minimum Gasteiger partial charge on any atom is -0.352 e. The van der Waals surface area contributed by atoms with E-state index in [4.69, 9.17) is 11.6 Å². The zero-order valence-electron chi connectivity index (χ0n) is 15.4. The summed E-state index contributed by atoms with van der Waals surface area (Å²) in [6, 6.07) is 15.7. The number of hydrogen-bond donors (Lipinski definition) is 1. The van der Waals surface area contributed by atoms with Gasteiger partial charge in [-0.1, -0.05) is 29.8 Å². The number of aromatic nitrogens is 3. The van der Waals surface area contributed by atoms with Crippen LogP contribution in [-0.2, 0) is 10.0 Å². The van der Waals surface area contributed by atoms with Gasteiger partial charge in [0.25, 0.3) is 0 Å². The molecule has 2 aromatic heterocycles. The van der Waals surface area contributed by atoms with Crippen molar-refractivity contribution in [3.8, 4) is 0 Å². The van der Waals surface area contributed by atoms with Crippen LogP contribution in [0.3, 0.4) is 0 Å². The van der Waals surface area contributed by atoms with Gasteiger partial charge in [0.1, 0.15) is 10.7 Å². The fourth-order valence-electron chi connectivity index (χ4n) is 3.08. The van der Waals surface area contributed by atoms with Crippen LogP contribution in [-0.4, -0.2) is 54.1 Å². The van der Waals surface area contributed by atoms with Gasteiger partial charge in [-0.25, -0.2) is 13.4 Å². The molecule has 1 aromatic carbocycles. The van der Waals surface area contributed by atoms with Gasteiger partial charge in [0, 0.05) is 32.4 Å². The zero-order valence-corrected chi connectivity index (χ0v) is 17.0. The predicted octanol–water partition coefficient (Wildman–Crippen LogP) is 2.78. The lowest BCUT2D eigenvalue weighted by Crippen LogP contribution is -2.49. The number of nitrogens with zero attached hydrogens (tertiary/aromatic N) is 5. The van der Waals surface area contributed by atoms with Crippen molar-refractivity contribution in [1.82, 2.24) is 19.5 Å². The summed E-state index contributed by atoms with van der Waals surface area (Å²) in [5.41, 5.74) is 0. The molecule has 1 aliphatic rings. The Kier molecular flexibility index (Phi) is 5.61. The van der Waals surface area contributed by atoms with E-state index in [1.165, 1.54) is 10.4 Å². The summed E-state index contributed by atoms with van der Waals surface area (Å²) in [5.74, 6) is 1.98. The number of nitrogens with one attached hydrogen (secondary N) is 1. The van der Waals surface area contributed by atoms with Crippen molar-refractivity contribution in [2.24, 2.45) is 0 Å². The van der Waals surface area contributed by atoms with Gasteiger partial charge in [-0.3, -0.25) is 0 Å². The molecule has 29 heavy (non-hydrogen) atoms. The van der Waals surface area contributed by atoms with E-state index < -0.39 is 10.0 Å². The van der Waals surface area contributed by atoms with Gasteiger partial charge in [0.2, 0.25) is 10.0 Å². The molecule has 0 unspecified atom stereocenters. The van der Waals surface area contributed by atoms with Gasteiger partial charge in [0.05, 0.1) is 5.02 Å². The number of rotatable bonds is 5. The summed E-state index contributed by atoms with van der Waals surface area (Å²) >= 11 is 6.08. The molecule has 1 N–H and O–H groups in total. The highest BCUT2D eigenvalue weighted by Crippen LogP contribution is 2.26. The van der Waals surface area contributed by atoms with E-state index in [-0.39, 0.29) is 9.92 Å². The van der Waals surface area contributed by atoms with Crippen molar-refractivity contribution in [1.29, 1.82) is 0 Å². The van der Waals surface area contributed by atoms with Crippen molar-refractivity contribution in [2.45, 2.75) is 4.90 Å². The van der Waals surface area contributed by atoms with Gasteiger partial charge in [-0.05, 0) is 36.4 Å². The Morgan fingerprint density at radius 2 is 1.62 bits per heavy atom. The van der Waals surface area contributed by atoms with Crippen LogP contribution >= 0.6 is 11.6 Å². The van der Waals surface area contributed by atoms with Crippen molar-refractivity contribution in [2.75, 3.05) is 36.4 Å². The topological polar surface area (TPSA) is 91.3 Å². The molecule has 0 saturated carbocycles. The normalized spacial score (nSPS) is 15.3. The molecule has 10 heteroatoms. The summed E-state index contributed by atoms with van der Waals surface area (Å²) in [6.45, 7) is 1.74. The maximum absolute atomic E-state index is 12.9. The lowest BCUT2D eigenvalue weighted by atomic mass is 10.3. The molecule has 3 heterocycles. The Labute approximate surface area is 174 Å². The summed E-state index contributed by atoms with van der Waals surface area (Å²) in [4.78, 5) is 6.34. The first-order chi connectivity index (χ1) is 14.0. The molecule has 1 aliphatic heterocycles. The third-order valence-electron chi connectivity index (χ3n) is 4.59. The van der Waals surface area contributed by atoms with Gasteiger partial charge >= 0.3 is 0 Å². The number of hydrogen-bond acceptors (Lipinski definition) is 7. The Morgan fingerprint density at radius 1 is 0.862 bits per heavy atom. The van der Waals surface area contributed by atoms with Gasteiger partial charge in [-0.2, -0.15) is 4.31 Å². The van der Waals surface area contributed by atoms with E-state index in [0.29, 0.717) is 43.6 Å². The summed E-state index contributed by atoms with van der Waals surface area (Å²) in [7, 11) is -3.62. The second-order valence-electron chi connectivity index (χ2n) is 6.44. The first kappa shape index (κ1) is 19.6. The van der Waals surface area contributed by atoms with Gasteiger partial charge < -0.3 is 10.2 Å². The summed E-state index contributed by atoms with van der Waals surface area (Å²) in [6.07, 6.45) is 1.69. The molecule has 0 radical (unpaired) electrons. The molecule has 1 saturated heterocycles. The van der Waals surface area contributed by atoms with Gasteiger partial charge in [-0.15, -0.1) is 10.2 Å². The molecule has 4 rings (SSSR count). The van der Waals surface area contributed by atoms with Crippen molar-refractivity contribution in [3.05, 3.63) is 65.8 Å². The maximum Gasteiger partial charge on any atom is 0.244 e. The van der Waals surface area contributed by atoms with Crippen LogP contribution in [0.25, 0.3) is 0 Å². The SMILES string of the molecule is O=S(=O)(c1ccccc1Cl)N1CCN(c2ccc(Nc3ccccn3)nn2)CC1. The molecule has 150 valence electrons. The monoisotopic (exact) mass is 430 g/mol. The molecule has 0 atom stereocenters. The minimum atomic E-state index is -3.62. The highest BCUT2D eigenvalue weighted by molar-refractivity contribution is 7.89. The van der Waals surface area contributed by atoms with E-state index in [0.717, 1.165) is 0 Å². The van der Waals surface area contributed by atoms with E-state index in [1.54, 1.807) is 24.4 Å². The number of halogens is 1. The lowest BCUT2D eigenvalue weighted by Gasteiger charge is -2.34. The van der Waals surface area contributed by atoms with Crippen LogP contribution in [0, 0.1) is 0 Å².